The summed E-state index contributed by atoms with van der Waals surface area (Å²) in [6.07, 6.45) is 0. The Morgan fingerprint density at radius 2 is 1.70 bits per heavy atom. The molecule has 1 N–H and O–H groups in total. The van der Waals surface area contributed by atoms with Crippen molar-refractivity contribution in [2.75, 3.05) is 6.54 Å². The molecule has 0 saturated heterocycles. The van der Waals surface area contributed by atoms with Crippen LogP contribution in [-0.4, -0.2) is 6.54 Å². The lowest BCUT2D eigenvalue weighted by atomic mass is 10.00. The summed E-state index contributed by atoms with van der Waals surface area (Å²) < 4.78 is 41.4. The first-order valence-corrected chi connectivity index (χ1v) is 6.48. The van der Waals surface area contributed by atoms with Crippen LogP contribution in [0.25, 0.3) is 11.1 Å². The second-order valence-electron chi connectivity index (χ2n) is 4.65. The van der Waals surface area contributed by atoms with Crippen LogP contribution in [-0.2, 0) is 6.54 Å². The molecule has 0 radical (unpaired) electrons. The van der Waals surface area contributed by atoms with Gasteiger partial charge in [-0.3, -0.25) is 0 Å². The summed E-state index contributed by atoms with van der Waals surface area (Å²) in [6, 6.07) is 7.31. The molecule has 1 nitrogen and oxygen atoms in total. The standard InChI is InChI=1S/C16H16F3N/c1-3-20-9-11-5-7-14(17)13(8-11)12-6-4-10(2)15(18)16(12)19/h4-8,20H,3,9H2,1-2H3. The number of nitrogens with one attached hydrogen (secondary N) is 1. The van der Waals surface area contributed by atoms with Crippen molar-refractivity contribution < 1.29 is 13.2 Å². The van der Waals surface area contributed by atoms with E-state index in [0.29, 0.717) is 6.54 Å². The highest BCUT2D eigenvalue weighted by atomic mass is 19.2. The minimum Gasteiger partial charge on any atom is -0.313 e. The van der Waals surface area contributed by atoms with E-state index < -0.39 is 17.5 Å². The summed E-state index contributed by atoms with van der Waals surface area (Å²) in [5, 5.41) is 3.11. The fourth-order valence-corrected chi connectivity index (χ4v) is 2.01. The fourth-order valence-electron chi connectivity index (χ4n) is 2.01. The molecular weight excluding hydrogens is 263 g/mol. The third-order valence-electron chi connectivity index (χ3n) is 3.18. The van der Waals surface area contributed by atoms with Crippen LogP contribution in [0.4, 0.5) is 13.2 Å². The predicted octanol–water partition coefficient (Wildman–Crippen LogP) is 4.19. The van der Waals surface area contributed by atoms with Gasteiger partial charge in [0.15, 0.2) is 11.6 Å². The van der Waals surface area contributed by atoms with E-state index in [1.807, 2.05) is 6.92 Å². The zero-order valence-electron chi connectivity index (χ0n) is 11.4. The molecule has 0 aliphatic rings. The molecule has 2 aromatic carbocycles. The van der Waals surface area contributed by atoms with E-state index in [0.717, 1.165) is 12.1 Å². The van der Waals surface area contributed by atoms with Gasteiger partial charge in [0.25, 0.3) is 0 Å². The summed E-state index contributed by atoms with van der Waals surface area (Å²) in [7, 11) is 0. The Kier molecular flexibility index (Phi) is 4.45. The van der Waals surface area contributed by atoms with E-state index >= 15 is 0 Å². The van der Waals surface area contributed by atoms with E-state index in [1.165, 1.54) is 25.1 Å². The van der Waals surface area contributed by atoms with Gasteiger partial charge in [-0.2, -0.15) is 0 Å². The molecule has 2 rings (SSSR count). The predicted molar refractivity (Wildman–Crippen MR) is 73.9 cm³/mol. The van der Waals surface area contributed by atoms with Crippen molar-refractivity contribution in [3.8, 4) is 11.1 Å². The molecule has 0 atom stereocenters. The molecule has 20 heavy (non-hydrogen) atoms. The second-order valence-corrected chi connectivity index (χ2v) is 4.65. The summed E-state index contributed by atoms with van der Waals surface area (Å²) >= 11 is 0. The topological polar surface area (TPSA) is 12.0 Å². The van der Waals surface area contributed by atoms with Crippen LogP contribution in [0.1, 0.15) is 18.1 Å². The van der Waals surface area contributed by atoms with E-state index in [1.54, 1.807) is 12.1 Å². The first-order chi connectivity index (χ1) is 9.54. The minimum atomic E-state index is -1.01. The maximum Gasteiger partial charge on any atom is 0.167 e. The highest BCUT2D eigenvalue weighted by Crippen LogP contribution is 2.29. The van der Waals surface area contributed by atoms with Crippen molar-refractivity contribution in [3.63, 3.8) is 0 Å². The monoisotopic (exact) mass is 279 g/mol. The number of hydrogen-bond donors (Lipinski definition) is 1. The van der Waals surface area contributed by atoms with Crippen molar-refractivity contribution in [1.29, 1.82) is 0 Å². The van der Waals surface area contributed by atoms with Gasteiger partial charge in [0.1, 0.15) is 5.82 Å². The summed E-state index contributed by atoms with van der Waals surface area (Å²) in [6.45, 7) is 4.76. The Hall–Kier alpha value is -1.81. The van der Waals surface area contributed by atoms with Gasteiger partial charge in [0.05, 0.1) is 0 Å². The lowest BCUT2D eigenvalue weighted by Crippen LogP contribution is -2.11. The van der Waals surface area contributed by atoms with Gasteiger partial charge < -0.3 is 5.32 Å². The lowest BCUT2D eigenvalue weighted by molar-refractivity contribution is 0.504. The van der Waals surface area contributed by atoms with Crippen molar-refractivity contribution in [2.24, 2.45) is 0 Å². The van der Waals surface area contributed by atoms with E-state index in [2.05, 4.69) is 5.32 Å². The summed E-state index contributed by atoms with van der Waals surface area (Å²) in [5.41, 5.74) is 1.06. The molecule has 0 aliphatic carbocycles. The normalized spacial score (nSPS) is 10.8. The molecular formula is C16H16F3N. The van der Waals surface area contributed by atoms with Gasteiger partial charge in [-0.15, -0.1) is 0 Å². The average Bonchev–Trinajstić information content (AvgIpc) is 2.45. The van der Waals surface area contributed by atoms with Crippen molar-refractivity contribution in [2.45, 2.75) is 20.4 Å². The molecule has 0 heterocycles. The number of hydrogen-bond acceptors (Lipinski definition) is 1. The van der Waals surface area contributed by atoms with Crippen LogP contribution in [0, 0.1) is 24.4 Å². The molecule has 0 unspecified atom stereocenters. The van der Waals surface area contributed by atoms with Crippen LogP contribution in [0.5, 0.6) is 0 Å². The van der Waals surface area contributed by atoms with E-state index in [-0.39, 0.29) is 16.7 Å². The van der Waals surface area contributed by atoms with Crippen LogP contribution in [0.2, 0.25) is 0 Å². The van der Waals surface area contributed by atoms with Crippen molar-refractivity contribution in [3.05, 3.63) is 58.9 Å². The van der Waals surface area contributed by atoms with Crippen LogP contribution >= 0.6 is 0 Å². The third kappa shape index (κ3) is 2.85. The number of benzene rings is 2. The third-order valence-corrected chi connectivity index (χ3v) is 3.18. The van der Waals surface area contributed by atoms with Gasteiger partial charge in [0, 0.05) is 17.7 Å². The Morgan fingerprint density at radius 1 is 0.950 bits per heavy atom. The number of halogens is 3. The first kappa shape index (κ1) is 14.6. The summed E-state index contributed by atoms with van der Waals surface area (Å²) in [4.78, 5) is 0. The average molecular weight is 279 g/mol. The molecule has 0 bridgehead atoms. The molecule has 0 aliphatic heterocycles. The maximum atomic E-state index is 14.0. The van der Waals surface area contributed by atoms with Gasteiger partial charge >= 0.3 is 0 Å². The highest BCUT2D eigenvalue weighted by Gasteiger charge is 2.15. The van der Waals surface area contributed by atoms with Crippen molar-refractivity contribution >= 4 is 0 Å². The Labute approximate surface area is 116 Å². The van der Waals surface area contributed by atoms with Gasteiger partial charge in [0.2, 0.25) is 0 Å². The van der Waals surface area contributed by atoms with Gasteiger partial charge in [-0.25, -0.2) is 13.2 Å². The highest BCUT2D eigenvalue weighted by molar-refractivity contribution is 5.66. The lowest BCUT2D eigenvalue weighted by Gasteiger charge is -2.10. The van der Waals surface area contributed by atoms with E-state index in [4.69, 9.17) is 0 Å². The Morgan fingerprint density at radius 3 is 2.40 bits per heavy atom. The quantitative estimate of drug-likeness (QED) is 0.885. The van der Waals surface area contributed by atoms with Crippen LogP contribution in [0.3, 0.4) is 0 Å². The molecule has 0 saturated carbocycles. The van der Waals surface area contributed by atoms with Gasteiger partial charge in [-0.05, 0) is 36.7 Å². The number of aryl methyl sites for hydroxylation is 1. The Bertz CT molecular complexity index is 623. The van der Waals surface area contributed by atoms with E-state index in [9.17, 15) is 13.2 Å². The molecule has 106 valence electrons. The number of rotatable bonds is 4. The van der Waals surface area contributed by atoms with Crippen LogP contribution in [0.15, 0.2) is 30.3 Å². The largest absolute Gasteiger partial charge is 0.313 e. The molecule has 0 fully saturated rings. The zero-order chi connectivity index (χ0) is 14.7. The Balaban J connectivity index is 2.49. The molecule has 0 amide bonds. The molecule has 0 spiro atoms. The van der Waals surface area contributed by atoms with Crippen molar-refractivity contribution in [1.82, 2.24) is 5.32 Å². The van der Waals surface area contributed by atoms with Crippen LogP contribution < -0.4 is 5.32 Å². The second kappa shape index (κ2) is 6.09. The summed E-state index contributed by atoms with van der Waals surface area (Å²) in [5.74, 6) is -2.50. The smallest absolute Gasteiger partial charge is 0.167 e. The maximum absolute atomic E-state index is 14.0. The fraction of sp³-hybridized carbons (Fsp3) is 0.250. The molecule has 0 aromatic heterocycles. The minimum absolute atomic E-state index is 0.0519. The molecule has 2 aromatic rings. The van der Waals surface area contributed by atoms with Gasteiger partial charge in [-0.1, -0.05) is 25.1 Å². The SMILES string of the molecule is CCNCc1ccc(F)c(-c2ccc(C)c(F)c2F)c1. The zero-order valence-corrected chi connectivity index (χ0v) is 11.4. The molecule has 4 heteroatoms. The first-order valence-electron chi connectivity index (χ1n) is 6.48.